The summed E-state index contributed by atoms with van der Waals surface area (Å²) in [5.74, 6) is -0.599. The third-order valence-corrected chi connectivity index (χ3v) is 4.30. The van der Waals surface area contributed by atoms with E-state index in [1.807, 2.05) is 24.3 Å². The highest BCUT2D eigenvalue weighted by atomic mass is 79.9. The van der Waals surface area contributed by atoms with Crippen molar-refractivity contribution in [2.75, 3.05) is 6.54 Å². The molecule has 2 atom stereocenters. The Bertz CT molecular complexity index is 606. The maximum absolute atomic E-state index is 13.3. The summed E-state index contributed by atoms with van der Waals surface area (Å²) in [5, 5.41) is 10.5. The fourth-order valence-electron chi connectivity index (χ4n) is 2.11. The van der Waals surface area contributed by atoms with E-state index >= 15 is 0 Å². The fraction of sp³-hybridized carbons (Fsp3) is 0.200. The van der Waals surface area contributed by atoms with Crippen LogP contribution in [0.2, 0.25) is 0 Å². The largest absolute Gasteiger partial charge is 0.388 e. The van der Waals surface area contributed by atoms with Crippen LogP contribution in [0.15, 0.2) is 51.4 Å². The molecule has 0 aliphatic rings. The second-order valence-electron chi connectivity index (χ2n) is 4.52. The Morgan fingerprint density at radius 1 is 1.10 bits per heavy atom. The minimum atomic E-state index is -0.786. The molecule has 0 saturated heterocycles. The van der Waals surface area contributed by atoms with Crippen LogP contribution in [-0.4, -0.2) is 11.7 Å². The minimum absolute atomic E-state index is 0.245. The van der Waals surface area contributed by atoms with Crippen molar-refractivity contribution in [3.63, 3.8) is 0 Å². The molecule has 0 aromatic heterocycles. The van der Waals surface area contributed by atoms with E-state index in [0.29, 0.717) is 16.6 Å². The van der Waals surface area contributed by atoms with Crippen LogP contribution >= 0.6 is 31.9 Å². The van der Waals surface area contributed by atoms with Gasteiger partial charge in [0.15, 0.2) is 0 Å². The van der Waals surface area contributed by atoms with E-state index in [-0.39, 0.29) is 11.7 Å². The zero-order chi connectivity index (χ0) is 14.7. The molecule has 0 aliphatic heterocycles. The molecular formula is C15H14Br2FNO. The Balaban J connectivity index is 2.33. The first-order valence-corrected chi connectivity index (χ1v) is 7.70. The quantitative estimate of drug-likeness (QED) is 0.807. The molecule has 2 rings (SSSR count). The average molecular weight is 403 g/mol. The van der Waals surface area contributed by atoms with Crippen molar-refractivity contribution in [3.05, 3.63) is 68.4 Å². The van der Waals surface area contributed by atoms with Crippen molar-refractivity contribution in [3.8, 4) is 0 Å². The van der Waals surface area contributed by atoms with Crippen LogP contribution in [0, 0.1) is 5.82 Å². The molecule has 2 unspecified atom stereocenters. The van der Waals surface area contributed by atoms with Crippen LogP contribution in [0.25, 0.3) is 0 Å². The van der Waals surface area contributed by atoms with Gasteiger partial charge in [0.25, 0.3) is 0 Å². The zero-order valence-electron chi connectivity index (χ0n) is 10.6. The molecular weight excluding hydrogens is 389 g/mol. The SMILES string of the molecule is NCC(c1cccc(Br)c1)C(O)c1ccc(F)c(Br)c1. The number of aliphatic hydroxyl groups is 1. The number of hydrogen-bond acceptors (Lipinski definition) is 2. The molecule has 0 spiro atoms. The van der Waals surface area contributed by atoms with Crippen molar-refractivity contribution in [1.29, 1.82) is 0 Å². The van der Waals surface area contributed by atoms with E-state index in [9.17, 15) is 9.50 Å². The number of hydrogen-bond donors (Lipinski definition) is 2. The number of nitrogens with two attached hydrogens (primary N) is 1. The van der Waals surface area contributed by atoms with Crippen molar-refractivity contribution in [2.24, 2.45) is 5.73 Å². The van der Waals surface area contributed by atoms with Crippen LogP contribution in [-0.2, 0) is 0 Å². The highest BCUT2D eigenvalue weighted by molar-refractivity contribution is 9.10. The van der Waals surface area contributed by atoms with Gasteiger partial charge in [-0.2, -0.15) is 0 Å². The van der Waals surface area contributed by atoms with Gasteiger partial charge in [0.05, 0.1) is 10.6 Å². The Labute approximate surface area is 134 Å². The highest BCUT2D eigenvalue weighted by Crippen LogP contribution is 2.33. The first-order valence-electron chi connectivity index (χ1n) is 6.11. The van der Waals surface area contributed by atoms with E-state index in [2.05, 4.69) is 31.9 Å². The molecule has 106 valence electrons. The molecule has 2 aromatic carbocycles. The first-order chi connectivity index (χ1) is 9.52. The monoisotopic (exact) mass is 401 g/mol. The van der Waals surface area contributed by atoms with Gasteiger partial charge in [0, 0.05) is 16.9 Å². The number of aliphatic hydroxyl groups excluding tert-OH is 1. The summed E-state index contributed by atoms with van der Waals surface area (Å²) in [4.78, 5) is 0. The summed E-state index contributed by atoms with van der Waals surface area (Å²) >= 11 is 6.54. The lowest BCUT2D eigenvalue weighted by Crippen LogP contribution is -2.20. The molecule has 2 nitrogen and oxygen atoms in total. The normalized spacial score (nSPS) is 14.1. The van der Waals surface area contributed by atoms with Crippen molar-refractivity contribution >= 4 is 31.9 Å². The molecule has 3 N–H and O–H groups in total. The maximum atomic E-state index is 13.3. The second kappa shape index (κ2) is 6.80. The van der Waals surface area contributed by atoms with Gasteiger partial charge in [-0.3, -0.25) is 0 Å². The predicted molar refractivity (Wildman–Crippen MR) is 85.0 cm³/mol. The number of benzene rings is 2. The van der Waals surface area contributed by atoms with Gasteiger partial charge < -0.3 is 10.8 Å². The maximum Gasteiger partial charge on any atom is 0.137 e. The summed E-state index contributed by atoms with van der Waals surface area (Å²) < 4.78 is 14.5. The highest BCUT2D eigenvalue weighted by Gasteiger charge is 2.22. The van der Waals surface area contributed by atoms with Gasteiger partial charge in [-0.05, 0) is 51.3 Å². The van der Waals surface area contributed by atoms with Gasteiger partial charge in [-0.1, -0.05) is 34.1 Å². The van der Waals surface area contributed by atoms with Gasteiger partial charge in [0.1, 0.15) is 5.82 Å². The van der Waals surface area contributed by atoms with Crippen molar-refractivity contribution < 1.29 is 9.50 Å². The lowest BCUT2D eigenvalue weighted by atomic mass is 9.89. The summed E-state index contributed by atoms with van der Waals surface area (Å²) in [6.07, 6.45) is -0.786. The average Bonchev–Trinajstić information content (AvgIpc) is 2.42. The Morgan fingerprint density at radius 3 is 2.45 bits per heavy atom. The lowest BCUT2D eigenvalue weighted by molar-refractivity contribution is 0.147. The smallest absolute Gasteiger partial charge is 0.137 e. The zero-order valence-corrected chi connectivity index (χ0v) is 13.7. The van der Waals surface area contributed by atoms with E-state index in [0.717, 1.165) is 10.0 Å². The molecule has 0 bridgehead atoms. The van der Waals surface area contributed by atoms with Gasteiger partial charge in [-0.15, -0.1) is 0 Å². The number of halogens is 3. The summed E-state index contributed by atoms with van der Waals surface area (Å²) in [7, 11) is 0. The molecule has 0 amide bonds. The Hall–Kier alpha value is -0.750. The van der Waals surface area contributed by atoms with Crippen molar-refractivity contribution in [2.45, 2.75) is 12.0 Å². The molecule has 0 radical (unpaired) electrons. The molecule has 2 aromatic rings. The first kappa shape index (κ1) is 15.6. The summed E-state index contributed by atoms with van der Waals surface area (Å²) in [6, 6.07) is 12.2. The topological polar surface area (TPSA) is 46.2 Å². The molecule has 0 aliphatic carbocycles. The van der Waals surface area contributed by atoms with Crippen LogP contribution < -0.4 is 5.73 Å². The minimum Gasteiger partial charge on any atom is -0.388 e. The van der Waals surface area contributed by atoms with Gasteiger partial charge >= 0.3 is 0 Å². The fourth-order valence-corrected chi connectivity index (χ4v) is 2.93. The van der Waals surface area contributed by atoms with E-state index in [4.69, 9.17) is 5.73 Å². The van der Waals surface area contributed by atoms with Crippen LogP contribution in [0.5, 0.6) is 0 Å². The Kier molecular flexibility index (Phi) is 5.32. The van der Waals surface area contributed by atoms with Crippen LogP contribution in [0.3, 0.4) is 0 Å². The third kappa shape index (κ3) is 3.47. The van der Waals surface area contributed by atoms with E-state index < -0.39 is 6.10 Å². The van der Waals surface area contributed by atoms with E-state index in [1.54, 1.807) is 12.1 Å². The lowest BCUT2D eigenvalue weighted by Gasteiger charge is -2.22. The molecule has 20 heavy (non-hydrogen) atoms. The third-order valence-electron chi connectivity index (χ3n) is 3.20. The predicted octanol–water partition coefficient (Wildman–Crippen LogP) is 4.13. The summed E-state index contributed by atoms with van der Waals surface area (Å²) in [5.41, 5.74) is 7.37. The van der Waals surface area contributed by atoms with Gasteiger partial charge in [-0.25, -0.2) is 4.39 Å². The van der Waals surface area contributed by atoms with Gasteiger partial charge in [0.2, 0.25) is 0 Å². The van der Waals surface area contributed by atoms with Crippen molar-refractivity contribution in [1.82, 2.24) is 0 Å². The molecule has 5 heteroatoms. The molecule has 0 fully saturated rings. The summed E-state index contributed by atoms with van der Waals surface area (Å²) in [6.45, 7) is 0.298. The second-order valence-corrected chi connectivity index (χ2v) is 6.29. The Morgan fingerprint density at radius 2 is 1.85 bits per heavy atom. The standard InChI is InChI=1S/C15H14Br2FNO/c16-11-3-1-2-9(6-11)12(8-19)15(20)10-4-5-14(18)13(17)7-10/h1-7,12,15,20H,8,19H2. The van der Waals surface area contributed by atoms with Crippen LogP contribution in [0.1, 0.15) is 23.1 Å². The molecule has 0 heterocycles. The van der Waals surface area contributed by atoms with Crippen LogP contribution in [0.4, 0.5) is 4.39 Å². The van der Waals surface area contributed by atoms with E-state index in [1.165, 1.54) is 6.07 Å². The molecule has 0 saturated carbocycles. The number of rotatable bonds is 4.